The van der Waals surface area contributed by atoms with Crippen LogP contribution in [0, 0.1) is 16.0 Å². The number of ether oxygens (including phenoxy) is 1. The summed E-state index contributed by atoms with van der Waals surface area (Å²) in [6, 6.07) is 5.71. The molecule has 0 amide bonds. The Morgan fingerprint density at radius 2 is 1.93 bits per heavy atom. The van der Waals surface area contributed by atoms with Crippen LogP contribution in [-0.2, 0) is 4.74 Å². The second kappa shape index (κ2) is 9.22. The van der Waals surface area contributed by atoms with Gasteiger partial charge in [0, 0.05) is 24.2 Å². The van der Waals surface area contributed by atoms with E-state index >= 15 is 0 Å². The highest BCUT2D eigenvalue weighted by atomic mass is 16.6. The monoisotopic (exact) mass is 392 g/mol. The lowest BCUT2D eigenvalue weighted by molar-refractivity contribution is -0.384. The maximum absolute atomic E-state index is 10.8. The van der Waals surface area contributed by atoms with Gasteiger partial charge in [-0.15, -0.1) is 0 Å². The summed E-state index contributed by atoms with van der Waals surface area (Å²) in [5, 5.41) is 28.1. The predicted molar refractivity (Wildman–Crippen MR) is 104 cm³/mol. The molecule has 0 saturated carbocycles. The van der Waals surface area contributed by atoms with E-state index in [1.54, 1.807) is 12.1 Å². The van der Waals surface area contributed by atoms with Crippen molar-refractivity contribution in [1.82, 2.24) is 15.5 Å². The number of aliphatic hydroxyl groups is 1. The standard InChI is InChI=1S/C19H28N4O5/c1-12(2)16(20-10-15(24)11-27-19(3,4)5)18-21-17(22-28-18)13-6-8-14(9-7-13)23(25)26/h6-9,12,15-16,20,24H,10-11H2,1-5H3/t15-,16-/m1/s1. The van der Waals surface area contributed by atoms with Crippen molar-refractivity contribution in [3.63, 3.8) is 0 Å². The van der Waals surface area contributed by atoms with Gasteiger partial charge >= 0.3 is 0 Å². The molecular formula is C19H28N4O5. The van der Waals surface area contributed by atoms with E-state index in [-0.39, 0.29) is 29.9 Å². The Morgan fingerprint density at radius 3 is 2.46 bits per heavy atom. The maximum Gasteiger partial charge on any atom is 0.269 e. The molecule has 2 N–H and O–H groups in total. The van der Waals surface area contributed by atoms with Crippen molar-refractivity contribution in [3.05, 3.63) is 40.3 Å². The summed E-state index contributed by atoms with van der Waals surface area (Å²) in [5.41, 5.74) is 0.312. The Morgan fingerprint density at radius 1 is 1.29 bits per heavy atom. The molecule has 0 aliphatic rings. The SMILES string of the molecule is CC(C)[C@@H](NC[C@@H](O)COC(C)(C)C)c1nc(-c2ccc([N+](=O)[O-])cc2)no1. The Kier molecular flexibility index (Phi) is 7.22. The quantitative estimate of drug-likeness (QED) is 0.493. The normalized spacial score (nSPS) is 14.2. The van der Waals surface area contributed by atoms with Crippen LogP contribution in [0.5, 0.6) is 0 Å². The molecule has 154 valence electrons. The molecule has 0 bridgehead atoms. The Labute approximate surface area is 164 Å². The van der Waals surface area contributed by atoms with Crippen molar-refractivity contribution in [3.8, 4) is 11.4 Å². The summed E-state index contributed by atoms with van der Waals surface area (Å²) >= 11 is 0. The van der Waals surface area contributed by atoms with E-state index in [0.717, 1.165) is 0 Å². The maximum atomic E-state index is 10.8. The fourth-order valence-electron chi connectivity index (χ4n) is 2.49. The van der Waals surface area contributed by atoms with E-state index in [0.29, 0.717) is 23.8 Å². The third kappa shape index (κ3) is 6.36. The van der Waals surface area contributed by atoms with Crippen molar-refractivity contribution in [2.75, 3.05) is 13.2 Å². The second-order valence-corrected chi connectivity index (χ2v) is 7.97. The summed E-state index contributed by atoms with van der Waals surface area (Å²) in [5.74, 6) is 0.891. The molecule has 0 spiro atoms. The minimum absolute atomic E-state index is 0.000607. The van der Waals surface area contributed by atoms with Gasteiger partial charge in [0.05, 0.1) is 29.3 Å². The zero-order valence-corrected chi connectivity index (χ0v) is 16.9. The van der Waals surface area contributed by atoms with Crippen molar-refractivity contribution >= 4 is 5.69 Å². The van der Waals surface area contributed by atoms with E-state index in [2.05, 4.69) is 15.5 Å². The summed E-state index contributed by atoms with van der Waals surface area (Å²) in [7, 11) is 0. The third-order valence-corrected chi connectivity index (χ3v) is 3.99. The first-order chi connectivity index (χ1) is 13.1. The van der Waals surface area contributed by atoms with E-state index < -0.39 is 11.0 Å². The molecule has 0 radical (unpaired) electrons. The molecule has 28 heavy (non-hydrogen) atoms. The van der Waals surface area contributed by atoms with Gasteiger partial charge in [0.2, 0.25) is 11.7 Å². The molecule has 0 unspecified atom stereocenters. The molecule has 9 nitrogen and oxygen atoms in total. The minimum Gasteiger partial charge on any atom is -0.389 e. The number of hydrogen-bond donors (Lipinski definition) is 2. The van der Waals surface area contributed by atoms with Gasteiger partial charge in [-0.25, -0.2) is 0 Å². The number of nitrogens with one attached hydrogen (secondary N) is 1. The van der Waals surface area contributed by atoms with E-state index in [1.165, 1.54) is 12.1 Å². The van der Waals surface area contributed by atoms with Crippen molar-refractivity contribution < 1.29 is 19.3 Å². The predicted octanol–water partition coefficient (Wildman–Crippen LogP) is 3.11. The Hall–Kier alpha value is -2.36. The first kappa shape index (κ1) is 21.9. The number of rotatable bonds is 9. The van der Waals surface area contributed by atoms with Crippen LogP contribution in [0.25, 0.3) is 11.4 Å². The average molecular weight is 392 g/mol. The molecule has 1 aromatic heterocycles. The van der Waals surface area contributed by atoms with Crippen LogP contribution in [0.1, 0.15) is 46.6 Å². The van der Waals surface area contributed by atoms with Crippen molar-refractivity contribution in [2.24, 2.45) is 5.92 Å². The topological polar surface area (TPSA) is 124 Å². The molecule has 2 atom stereocenters. The van der Waals surface area contributed by atoms with Gasteiger partial charge in [0.15, 0.2) is 0 Å². The lowest BCUT2D eigenvalue weighted by atomic mass is 10.0. The zero-order valence-electron chi connectivity index (χ0n) is 16.9. The van der Waals surface area contributed by atoms with Crippen LogP contribution in [0.2, 0.25) is 0 Å². The smallest absolute Gasteiger partial charge is 0.269 e. The summed E-state index contributed by atoms with van der Waals surface area (Å²) in [6.45, 7) is 10.3. The van der Waals surface area contributed by atoms with Gasteiger partial charge in [0.25, 0.3) is 5.69 Å². The fraction of sp³-hybridized carbons (Fsp3) is 0.579. The number of nitrogens with zero attached hydrogens (tertiary/aromatic N) is 3. The van der Waals surface area contributed by atoms with Gasteiger partial charge in [-0.1, -0.05) is 19.0 Å². The van der Waals surface area contributed by atoms with Crippen molar-refractivity contribution in [2.45, 2.75) is 52.4 Å². The molecule has 2 aromatic rings. The number of non-ortho nitro benzene ring substituents is 1. The largest absolute Gasteiger partial charge is 0.389 e. The van der Waals surface area contributed by atoms with Crippen LogP contribution in [0.15, 0.2) is 28.8 Å². The zero-order chi connectivity index (χ0) is 20.9. The summed E-state index contributed by atoms with van der Waals surface area (Å²) in [4.78, 5) is 14.7. The lowest BCUT2D eigenvalue weighted by Gasteiger charge is -2.24. The number of nitro benzene ring substituents is 1. The highest BCUT2D eigenvalue weighted by Gasteiger charge is 2.24. The molecule has 0 aliphatic heterocycles. The number of nitro groups is 1. The molecule has 0 fully saturated rings. The van der Waals surface area contributed by atoms with Gasteiger partial charge in [-0.2, -0.15) is 4.98 Å². The molecule has 0 aliphatic carbocycles. The van der Waals surface area contributed by atoms with Crippen LogP contribution in [0.4, 0.5) is 5.69 Å². The van der Waals surface area contributed by atoms with Crippen LogP contribution < -0.4 is 5.32 Å². The Bertz CT molecular complexity index is 767. The third-order valence-electron chi connectivity index (χ3n) is 3.99. The molecule has 0 saturated heterocycles. The first-order valence-corrected chi connectivity index (χ1v) is 9.20. The summed E-state index contributed by atoms with van der Waals surface area (Å²) < 4.78 is 11.0. The van der Waals surface area contributed by atoms with Gasteiger partial charge < -0.3 is 19.7 Å². The average Bonchev–Trinajstić information content (AvgIpc) is 3.09. The molecule has 2 rings (SSSR count). The van der Waals surface area contributed by atoms with Gasteiger partial charge in [-0.05, 0) is 38.8 Å². The minimum atomic E-state index is -0.669. The number of hydrogen-bond acceptors (Lipinski definition) is 8. The lowest BCUT2D eigenvalue weighted by Crippen LogP contribution is -2.37. The van der Waals surface area contributed by atoms with E-state index in [4.69, 9.17) is 9.26 Å². The highest BCUT2D eigenvalue weighted by Crippen LogP contribution is 2.24. The molecule has 9 heteroatoms. The van der Waals surface area contributed by atoms with E-state index in [1.807, 2.05) is 34.6 Å². The number of aliphatic hydroxyl groups excluding tert-OH is 1. The second-order valence-electron chi connectivity index (χ2n) is 7.97. The first-order valence-electron chi connectivity index (χ1n) is 9.20. The Balaban J connectivity index is 2.03. The molecule has 1 aromatic carbocycles. The van der Waals surface area contributed by atoms with Crippen LogP contribution in [-0.4, -0.2) is 45.0 Å². The molecular weight excluding hydrogens is 364 g/mol. The van der Waals surface area contributed by atoms with E-state index in [9.17, 15) is 15.2 Å². The highest BCUT2D eigenvalue weighted by molar-refractivity contribution is 5.56. The summed E-state index contributed by atoms with van der Waals surface area (Å²) in [6.07, 6.45) is -0.669. The number of benzene rings is 1. The fourth-order valence-corrected chi connectivity index (χ4v) is 2.49. The van der Waals surface area contributed by atoms with Gasteiger partial charge in [-0.3, -0.25) is 10.1 Å². The van der Waals surface area contributed by atoms with Crippen LogP contribution >= 0.6 is 0 Å². The van der Waals surface area contributed by atoms with Crippen molar-refractivity contribution in [1.29, 1.82) is 0 Å². The van der Waals surface area contributed by atoms with Crippen LogP contribution in [0.3, 0.4) is 0 Å². The van der Waals surface area contributed by atoms with Gasteiger partial charge in [0.1, 0.15) is 0 Å². The molecule has 1 heterocycles. The number of aromatic nitrogens is 2.